The fourth-order valence-electron chi connectivity index (χ4n) is 6.15. The first-order valence-electron chi connectivity index (χ1n) is 13.8. The van der Waals surface area contributed by atoms with Crippen molar-refractivity contribution in [2.24, 2.45) is 17.3 Å². The van der Waals surface area contributed by atoms with Crippen LogP contribution in [0.4, 0.5) is 26.3 Å². The lowest BCUT2D eigenvalue weighted by Crippen LogP contribution is -2.66. The summed E-state index contributed by atoms with van der Waals surface area (Å²) in [5.41, 5.74) is -4.15. The van der Waals surface area contributed by atoms with Crippen molar-refractivity contribution in [2.75, 3.05) is 19.8 Å². The Labute approximate surface area is 239 Å². The number of hydrogen-bond donors (Lipinski definition) is 3. The molecule has 5 atom stereocenters. The number of alkyl halides is 6. The van der Waals surface area contributed by atoms with Gasteiger partial charge in [-0.15, -0.1) is 0 Å². The second-order valence-electron chi connectivity index (χ2n) is 11.3. The molecule has 2 amide bonds. The summed E-state index contributed by atoms with van der Waals surface area (Å²) in [7, 11) is 0. The lowest BCUT2D eigenvalue weighted by molar-refractivity contribution is -0.155. The number of benzene rings is 2. The fraction of sp³-hybridized carbons (Fsp3) is 0.533. The first-order chi connectivity index (χ1) is 19.6. The van der Waals surface area contributed by atoms with Gasteiger partial charge in [0, 0.05) is 19.1 Å². The molecule has 2 aromatic rings. The van der Waals surface area contributed by atoms with Crippen LogP contribution in [0.3, 0.4) is 0 Å². The van der Waals surface area contributed by atoms with Gasteiger partial charge in [0.25, 0.3) is 0 Å². The molecule has 0 aromatic heterocycles. The maximum atomic E-state index is 13.4. The van der Waals surface area contributed by atoms with Crippen molar-refractivity contribution in [3.63, 3.8) is 0 Å². The van der Waals surface area contributed by atoms with E-state index < -0.39 is 52.4 Å². The largest absolute Gasteiger partial charge is 0.416 e. The highest BCUT2D eigenvalue weighted by Crippen LogP contribution is 2.48. The average molecular weight is 601 g/mol. The molecule has 3 unspecified atom stereocenters. The zero-order valence-corrected chi connectivity index (χ0v) is 23.2. The molecule has 4 rings (SSSR count). The van der Waals surface area contributed by atoms with Gasteiger partial charge in [0.1, 0.15) is 0 Å². The molecule has 2 aromatic carbocycles. The summed E-state index contributed by atoms with van der Waals surface area (Å²) in [5, 5.41) is 15.2. The van der Waals surface area contributed by atoms with Crippen LogP contribution >= 0.6 is 0 Å². The van der Waals surface area contributed by atoms with Crippen LogP contribution in [-0.4, -0.2) is 36.7 Å². The molecule has 2 aliphatic heterocycles. The Bertz CT molecular complexity index is 1240. The quantitative estimate of drug-likeness (QED) is 0.266. The van der Waals surface area contributed by atoms with Crippen molar-refractivity contribution in [2.45, 2.75) is 63.5 Å². The third-order valence-electron chi connectivity index (χ3n) is 8.90. The molecule has 0 radical (unpaired) electrons. The summed E-state index contributed by atoms with van der Waals surface area (Å²) in [4.78, 5) is 25.8. The van der Waals surface area contributed by atoms with Crippen LogP contribution in [0.2, 0.25) is 0 Å². The minimum atomic E-state index is -4.98. The van der Waals surface area contributed by atoms with E-state index in [1.165, 1.54) is 6.92 Å². The van der Waals surface area contributed by atoms with E-state index in [4.69, 9.17) is 4.74 Å². The van der Waals surface area contributed by atoms with Gasteiger partial charge in [-0.3, -0.25) is 14.9 Å². The van der Waals surface area contributed by atoms with Crippen molar-refractivity contribution >= 4 is 11.8 Å². The molecule has 2 fully saturated rings. The number of nitrogens with one attached hydrogen (secondary N) is 2. The normalized spacial score (nSPS) is 27.6. The van der Waals surface area contributed by atoms with Crippen LogP contribution in [-0.2, 0) is 32.2 Å². The number of amides is 2. The lowest BCUT2D eigenvalue weighted by Gasteiger charge is -2.52. The number of carbonyl (C=O) groups excluding carboxylic acids is 2. The highest BCUT2D eigenvalue weighted by molar-refractivity contribution is 6.02. The molecule has 230 valence electrons. The van der Waals surface area contributed by atoms with Gasteiger partial charge in [-0.1, -0.05) is 37.3 Å². The van der Waals surface area contributed by atoms with Gasteiger partial charge in [0.2, 0.25) is 11.8 Å². The predicted molar refractivity (Wildman–Crippen MR) is 141 cm³/mol. The molecule has 2 aliphatic rings. The number of halogens is 6. The first-order valence-corrected chi connectivity index (χ1v) is 13.8. The van der Waals surface area contributed by atoms with Crippen LogP contribution in [0.1, 0.15) is 67.9 Å². The average Bonchev–Trinajstić information content (AvgIpc) is 2.95. The number of piperidine rings is 2. The molecule has 6 nitrogen and oxygen atoms in total. The molecule has 12 heteroatoms. The van der Waals surface area contributed by atoms with Crippen molar-refractivity contribution in [3.05, 3.63) is 70.8 Å². The van der Waals surface area contributed by atoms with Crippen molar-refractivity contribution in [3.8, 4) is 0 Å². The predicted octanol–water partition coefficient (Wildman–Crippen LogP) is 5.75. The SMILES string of the molecule is CC1C(CCCO)C(=O)NC(=O)C12CC[C@@](CO[C@H](C)c1cc(C(F)(F)F)cc(C(F)(F)F)c1)(c1ccccc1)NC2. The second kappa shape index (κ2) is 12.0. The Morgan fingerprint density at radius 1 is 1.00 bits per heavy atom. The van der Waals surface area contributed by atoms with Gasteiger partial charge in [-0.25, -0.2) is 0 Å². The lowest BCUT2D eigenvalue weighted by atomic mass is 9.60. The number of rotatable bonds is 8. The smallest absolute Gasteiger partial charge is 0.396 e. The maximum absolute atomic E-state index is 13.4. The van der Waals surface area contributed by atoms with Crippen LogP contribution in [0.5, 0.6) is 0 Å². The van der Waals surface area contributed by atoms with E-state index in [-0.39, 0.29) is 43.2 Å². The number of aliphatic hydroxyl groups excluding tert-OH is 1. The molecule has 0 aliphatic carbocycles. The van der Waals surface area contributed by atoms with Gasteiger partial charge < -0.3 is 15.2 Å². The number of aliphatic hydroxyl groups is 1. The highest BCUT2D eigenvalue weighted by atomic mass is 19.4. The van der Waals surface area contributed by atoms with Gasteiger partial charge in [0.05, 0.1) is 34.8 Å². The third kappa shape index (κ3) is 6.35. The topological polar surface area (TPSA) is 87.7 Å². The van der Waals surface area contributed by atoms with Gasteiger partial charge in [-0.05, 0) is 67.9 Å². The zero-order valence-electron chi connectivity index (χ0n) is 23.2. The summed E-state index contributed by atoms with van der Waals surface area (Å²) < 4.78 is 86.6. The molecule has 2 heterocycles. The van der Waals surface area contributed by atoms with E-state index >= 15 is 0 Å². The van der Waals surface area contributed by atoms with Gasteiger partial charge >= 0.3 is 12.4 Å². The fourth-order valence-corrected chi connectivity index (χ4v) is 6.15. The van der Waals surface area contributed by atoms with E-state index in [9.17, 15) is 41.0 Å². The molecule has 0 saturated carbocycles. The van der Waals surface area contributed by atoms with Crippen LogP contribution in [0, 0.1) is 17.3 Å². The molecular weight excluding hydrogens is 566 g/mol. The Morgan fingerprint density at radius 3 is 2.14 bits per heavy atom. The van der Waals surface area contributed by atoms with Crippen molar-refractivity contribution < 1.29 is 45.8 Å². The van der Waals surface area contributed by atoms with Gasteiger partial charge in [0.15, 0.2) is 0 Å². The minimum Gasteiger partial charge on any atom is -0.396 e. The Hall–Kier alpha value is -2.96. The van der Waals surface area contributed by atoms with Crippen molar-refractivity contribution in [1.29, 1.82) is 0 Å². The second-order valence-corrected chi connectivity index (χ2v) is 11.3. The summed E-state index contributed by atoms with van der Waals surface area (Å²) in [6.45, 7) is 3.22. The van der Waals surface area contributed by atoms with Crippen LogP contribution in [0.25, 0.3) is 0 Å². The molecule has 0 bridgehead atoms. The molecule has 3 N–H and O–H groups in total. The van der Waals surface area contributed by atoms with Crippen molar-refractivity contribution in [1.82, 2.24) is 10.6 Å². The van der Waals surface area contributed by atoms with E-state index in [0.29, 0.717) is 37.8 Å². The van der Waals surface area contributed by atoms with E-state index in [0.717, 1.165) is 5.56 Å². The number of ether oxygens (including phenoxy) is 1. The summed E-state index contributed by atoms with van der Waals surface area (Å²) in [6.07, 6.45) is -9.56. The third-order valence-corrected chi connectivity index (χ3v) is 8.90. The number of imide groups is 1. The number of carbonyl (C=O) groups is 2. The van der Waals surface area contributed by atoms with Crippen LogP contribution in [0.15, 0.2) is 48.5 Å². The monoisotopic (exact) mass is 600 g/mol. The Balaban J connectivity index is 1.60. The summed E-state index contributed by atoms with van der Waals surface area (Å²) >= 11 is 0. The van der Waals surface area contributed by atoms with E-state index in [2.05, 4.69) is 10.6 Å². The molecular formula is C30H34F6N2O4. The molecule has 2 saturated heterocycles. The van der Waals surface area contributed by atoms with E-state index in [1.807, 2.05) is 19.1 Å². The molecule has 1 spiro atoms. The first kappa shape index (κ1) is 32.0. The van der Waals surface area contributed by atoms with E-state index in [1.54, 1.807) is 18.2 Å². The van der Waals surface area contributed by atoms with Crippen LogP contribution < -0.4 is 10.6 Å². The number of hydrogen-bond acceptors (Lipinski definition) is 5. The maximum Gasteiger partial charge on any atom is 0.416 e. The zero-order chi connectivity index (χ0) is 30.9. The minimum absolute atomic E-state index is 0.0821. The summed E-state index contributed by atoms with van der Waals surface area (Å²) in [6, 6.07) is 10.5. The standard InChI is InChI=1S/C30H34F6N2O4/c1-18-24(9-6-12-39)25(40)38-26(41)27(18)10-11-28(37-16-27,21-7-4-3-5-8-21)17-42-19(2)20-13-22(29(31,32)33)15-23(14-20)30(34,35)36/h3-5,7-8,13-15,18-19,24,37,39H,6,9-12,16-17H2,1-2H3,(H,38,40,41)/t18?,19-,24?,27?,28-/m1/s1. The molecule has 42 heavy (non-hydrogen) atoms. The Morgan fingerprint density at radius 2 is 1.62 bits per heavy atom. The summed E-state index contributed by atoms with van der Waals surface area (Å²) in [5.74, 6) is -1.58. The van der Waals surface area contributed by atoms with Gasteiger partial charge in [-0.2, -0.15) is 26.3 Å². The Kier molecular flexibility index (Phi) is 9.11. The highest BCUT2D eigenvalue weighted by Gasteiger charge is 2.56.